The Labute approximate surface area is 115 Å². The third kappa shape index (κ3) is 3.27. The molecule has 1 saturated carbocycles. The highest BCUT2D eigenvalue weighted by molar-refractivity contribution is 5.32. The van der Waals surface area contributed by atoms with Crippen molar-refractivity contribution < 1.29 is 9.13 Å². The van der Waals surface area contributed by atoms with Gasteiger partial charge in [0.2, 0.25) is 0 Å². The van der Waals surface area contributed by atoms with Gasteiger partial charge in [-0.25, -0.2) is 4.39 Å². The lowest BCUT2D eigenvalue weighted by Crippen LogP contribution is -2.29. The molecule has 1 aromatic rings. The summed E-state index contributed by atoms with van der Waals surface area (Å²) >= 11 is 0. The number of halogens is 1. The summed E-state index contributed by atoms with van der Waals surface area (Å²) in [5.74, 6) is 1.46. The molecule has 2 nitrogen and oxygen atoms in total. The molecule has 3 unspecified atom stereocenters. The first-order chi connectivity index (χ1) is 9.15. The molecule has 3 heteroatoms. The number of benzene rings is 1. The van der Waals surface area contributed by atoms with E-state index < -0.39 is 0 Å². The van der Waals surface area contributed by atoms with Crippen molar-refractivity contribution >= 4 is 0 Å². The van der Waals surface area contributed by atoms with Crippen LogP contribution in [0, 0.1) is 17.7 Å². The number of nitrogens with one attached hydrogen (secondary N) is 1. The van der Waals surface area contributed by atoms with Crippen LogP contribution in [0.1, 0.15) is 44.2 Å². The molecule has 0 spiro atoms. The second kappa shape index (κ2) is 6.38. The van der Waals surface area contributed by atoms with Gasteiger partial charge in [0.05, 0.1) is 7.11 Å². The van der Waals surface area contributed by atoms with Crippen LogP contribution in [0.15, 0.2) is 18.2 Å². The smallest absolute Gasteiger partial charge is 0.165 e. The maximum absolute atomic E-state index is 13.5. The molecule has 1 N–H and O–H groups in total. The number of ether oxygens (including phenoxy) is 1. The largest absolute Gasteiger partial charge is 0.494 e. The van der Waals surface area contributed by atoms with Crippen molar-refractivity contribution in [2.45, 2.75) is 38.6 Å². The number of methoxy groups -OCH3 is 1. The van der Waals surface area contributed by atoms with E-state index in [-0.39, 0.29) is 11.9 Å². The average Bonchev–Trinajstić information content (AvgIpc) is 2.41. The molecule has 1 aliphatic carbocycles. The van der Waals surface area contributed by atoms with Crippen molar-refractivity contribution in [2.75, 3.05) is 14.2 Å². The molecule has 106 valence electrons. The van der Waals surface area contributed by atoms with Crippen LogP contribution in [0.2, 0.25) is 0 Å². The van der Waals surface area contributed by atoms with Crippen LogP contribution in [0.5, 0.6) is 5.75 Å². The summed E-state index contributed by atoms with van der Waals surface area (Å²) in [6, 6.07) is 5.50. The maximum Gasteiger partial charge on any atom is 0.165 e. The van der Waals surface area contributed by atoms with Gasteiger partial charge in [0.1, 0.15) is 0 Å². The fraction of sp³-hybridized carbons (Fsp3) is 0.625. The van der Waals surface area contributed by atoms with Gasteiger partial charge in [-0.15, -0.1) is 0 Å². The molecule has 0 bridgehead atoms. The highest BCUT2D eigenvalue weighted by Gasteiger charge is 2.27. The molecule has 0 heterocycles. The fourth-order valence-electron chi connectivity index (χ4n) is 3.33. The Kier molecular flexibility index (Phi) is 4.81. The van der Waals surface area contributed by atoms with Crippen molar-refractivity contribution in [2.24, 2.45) is 11.8 Å². The molecule has 19 heavy (non-hydrogen) atoms. The van der Waals surface area contributed by atoms with Gasteiger partial charge in [-0.05, 0) is 49.4 Å². The van der Waals surface area contributed by atoms with E-state index in [4.69, 9.17) is 4.74 Å². The normalized spacial score (nSPS) is 25.1. The van der Waals surface area contributed by atoms with Gasteiger partial charge in [-0.2, -0.15) is 0 Å². The second-order valence-electron chi connectivity index (χ2n) is 5.69. The van der Waals surface area contributed by atoms with Crippen molar-refractivity contribution in [3.8, 4) is 5.75 Å². The molecular formula is C16H24FNO. The molecule has 0 saturated heterocycles. The van der Waals surface area contributed by atoms with Gasteiger partial charge in [-0.3, -0.25) is 0 Å². The Morgan fingerprint density at radius 2 is 2.16 bits per heavy atom. The summed E-state index contributed by atoms with van der Waals surface area (Å²) in [5, 5.41) is 3.40. The minimum atomic E-state index is -0.293. The van der Waals surface area contributed by atoms with E-state index in [1.807, 2.05) is 19.2 Å². The van der Waals surface area contributed by atoms with Crippen LogP contribution >= 0.6 is 0 Å². The van der Waals surface area contributed by atoms with Crippen molar-refractivity contribution in [1.29, 1.82) is 0 Å². The Balaban J connectivity index is 2.21. The van der Waals surface area contributed by atoms with E-state index in [1.54, 1.807) is 0 Å². The quantitative estimate of drug-likeness (QED) is 0.891. The summed E-state index contributed by atoms with van der Waals surface area (Å²) in [5.41, 5.74) is 1.12. The monoisotopic (exact) mass is 265 g/mol. The first-order valence-corrected chi connectivity index (χ1v) is 7.16. The predicted octanol–water partition coefficient (Wildman–Crippen LogP) is 3.92. The minimum absolute atomic E-state index is 0.289. The zero-order chi connectivity index (χ0) is 13.8. The molecule has 0 aromatic heterocycles. The van der Waals surface area contributed by atoms with Gasteiger partial charge < -0.3 is 10.1 Å². The summed E-state index contributed by atoms with van der Waals surface area (Å²) in [7, 11) is 3.50. The van der Waals surface area contributed by atoms with Crippen LogP contribution in [-0.4, -0.2) is 14.2 Å². The van der Waals surface area contributed by atoms with E-state index >= 15 is 0 Å². The third-order valence-electron chi connectivity index (χ3n) is 4.29. The van der Waals surface area contributed by atoms with E-state index in [0.29, 0.717) is 11.7 Å². The van der Waals surface area contributed by atoms with Gasteiger partial charge in [-0.1, -0.05) is 25.8 Å². The van der Waals surface area contributed by atoms with Gasteiger partial charge in [0, 0.05) is 6.04 Å². The van der Waals surface area contributed by atoms with Gasteiger partial charge >= 0.3 is 0 Å². The Morgan fingerprint density at radius 1 is 1.37 bits per heavy atom. The summed E-state index contributed by atoms with van der Waals surface area (Å²) in [6.07, 6.45) is 5.11. The maximum atomic E-state index is 13.5. The predicted molar refractivity (Wildman–Crippen MR) is 75.9 cm³/mol. The molecule has 0 radical (unpaired) electrons. The first kappa shape index (κ1) is 14.3. The number of rotatable bonds is 4. The lowest BCUT2D eigenvalue weighted by molar-refractivity contribution is 0.229. The van der Waals surface area contributed by atoms with E-state index in [2.05, 4.69) is 12.2 Å². The van der Waals surface area contributed by atoms with E-state index in [0.717, 1.165) is 11.5 Å². The Morgan fingerprint density at radius 3 is 2.79 bits per heavy atom. The molecule has 2 rings (SSSR count). The highest BCUT2D eigenvalue weighted by atomic mass is 19.1. The molecule has 0 aliphatic heterocycles. The van der Waals surface area contributed by atoms with Crippen LogP contribution in [0.3, 0.4) is 0 Å². The molecule has 3 atom stereocenters. The number of hydrogen-bond donors (Lipinski definition) is 1. The zero-order valence-corrected chi connectivity index (χ0v) is 12.1. The Bertz CT molecular complexity index is 421. The van der Waals surface area contributed by atoms with Crippen LogP contribution in [0.4, 0.5) is 4.39 Å². The second-order valence-corrected chi connectivity index (χ2v) is 5.69. The van der Waals surface area contributed by atoms with Gasteiger partial charge in [0.15, 0.2) is 11.6 Å². The van der Waals surface area contributed by atoms with E-state index in [1.165, 1.54) is 38.9 Å². The lowest BCUT2D eigenvalue weighted by atomic mass is 9.77. The van der Waals surface area contributed by atoms with E-state index in [9.17, 15) is 4.39 Å². The molecule has 1 fully saturated rings. The topological polar surface area (TPSA) is 21.3 Å². The minimum Gasteiger partial charge on any atom is -0.494 e. The standard InChI is InChI=1S/C16H24FNO/c1-11-5-4-6-12(9-11)16(18-2)13-7-8-14(17)15(10-13)19-3/h7-8,10-12,16,18H,4-6,9H2,1-3H3. The van der Waals surface area contributed by atoms with Crippen LogP contribution < -0.4 is 10.1 Å². The molecule has 1 aliphatic rings. The highest BCUT2D eigenvalue weighted by Crippen LogP contribution is 2.37. The molecule has 1 aromatic carbocycles. The van der Waals surface area contributed by atoms with Gasteiger partial charge in [0.25, 0.3) is 0 Å². The SMILES string of the molecule is CNC(c1ccc(F)c(OC)c1)C1CCCC(C)C1. The first-order valence-electron chi connectivity index (χ1n) is 7.16. The summed E-state index contributed by atoms with van der Waals surface area (Å²) in [6.45, 7) is 2.32. The summed E-state index contributed by atoms with van der Waals surface area (Å²) < 4.78 is 18.6. The molecular weight excluding hydrogens is 241 g/mol. The molecule has 0 amide bonds. The third-order valence-corrected chi connectivity index (χ3v) is 4.29. The lowest BCUT2D eigenvalue weighted by Gasteiger charge is -2.33. The van der Waals surface area contributed by atoms with Crippen molar-refractivity contribution in [3.05, 3.63) is 29.6 Å². The zero-order valence-electron chi connectivity index (χ0n) is 12.1. The summed E-state index contributed by atoms with van der Waals surface area (Å²) in [4.78, 5) is 0. The van der Waals surface area contributed by atoms with Crippen LogP contribution in [-0.2, 0) is 0 Å². The Hall–Kier alpha value is -1.09. The van der Waals surface area contributed by atoms with Crippen molar-refractivity contribution in [1.82, 2.24) is 5.32 Å². The average molecular weight is 265 g/mol. The van der Waals surface area contributed by atoms with Crippen LogP contribution in [0.25, 0.3) is 0 Å². The fourth-order valence-corrected chi connectivity index (χ4v) is 3.33. The van der Waals surface area contributed by atoms with Crippen molar-refractivity contribution in [3.63, 3.8) is 0 Å². The number of hydrogen-bond acceptors (Lipinski definition) is 2.